The van der Waals surface area contributed by atoms with Gasteiger partial charge in [0.2, 0.25) is 5.95 Å². The number of thioether (sulfide) groups is 1. The first kappa shape index (κ1) is 13.6. The van der Waals surface area contributed by atoms with Crippen molar-refractivity contribution in [2.45, 2.75) is 19.4 Å². The Labute approximate surface area is 109 Å². The van der Waals surface area contributed by atoms with Crippen LogP contribution in [0.4, 0.5) is 11.8 Å². The van der Waals surface area contributed by atoms with Crippen LogP contribution in [0.3, 0.4) is 0 Å². The van der Waals surface area contributed by atoms with Crippen LogP contribution >= 0.6 is 27.7 Å². The van der Waals surface area contributed by atoms with E-state index in [-0.39, 0.29) is 0 Å². The lowest BCUT2D eigenvalue weighted by Crippen LogP contribution is -2.31. The van der Waals surface area contributed by atoms with Gasteiger partial charge in [0.15, 0.2) is 0 Å². The Morgan fingerprint density at radius 2 is 2.25 bits per heavy atom. The van der Waals surface area contributed by atoms with Crippen LogP contribution in [0.1, 0.15) is 13.3 Å². The molecule has 0 amide bonds. The summed E-state index contributed by atoms with van der Waals surface area (Å²) in [5.74, 6) is 2.29. The van der Waals surface area contributed by atoms with Crippen molar-refractivity contribution in [3.8, 4) is 0 Å². The third-order valence-electron chi connectivity index (χ3n) is 2.42. The molecule has 1 atom stereocenters. The number of rotatable bonds is 5. The van der Waals surface area contributed by atoms with Crippen molar-refractivity contribution in [3.05, 3.63) is 10.7 Å². The van der Waals surface area contributed by atoms with Gasteiger partial charge in [-0.25, -0.2) is 4.98 Å². The average Bonchev–Trinajstić information content (AvgIpc) is 2.23. The molecule has 0 aliphatic heterocycles. The van der Waals surface area contributed by atoms with E-state index in [4.69, 9.17) is 5.73 Å². The first-order valence-electron chi connectivity index (χ1n) is 5.06. The molecular weight excluding hydrogens is 288 g/mol. The van der Waals surface area contributed by atoms with Crippen molar-refractivity contribution in [3.63, 3.8) is 0 Å². The topological polar surface area (TPSA) is 55.0 Å². The highest BCUT2D eigenvalue weighted by molar-refractivity contribution is 9.10. The largest absolute Gasteiger partial charge is 0.383 e. The van der Waals surface area contributed by atoms with Crippen molar-refractivity contribution in [2.24, 2.45) is 0 Å². The van der Waals surface area contributed by atoms with E-state index in [0.717, 1.165) is 16.8 Å². The zero-order chi connectivity index (χ0) is 12.1. The van der Waals surface area contributed by atoms with Crippen molar-refractivity contribution >= 4 is 39.5 Å². The number of aromatic nitrogens is 2. The van der Waals surface area contributed by atoms with Gasteiger partial charge in [-0.1, -0.05) is 0 Å². The zero-order valence-electron chi connectivity index (χ0n) is 9.77. The van der Waals surface area contributed by atoms with E-state index >= 15 is 0 Å². The van der Waals surface area contributed by atoms with Gasteiger partial charge >= 0.3 is 0 Å². The smallest absolute Gasteiger partial charge is 0.228 e. The summed E-state index contributed by atoms with van der Waals surface area (Å²) in [4.78, 5) is 10.6. The van der Waals surface area contributed by atoms with Crippen LogP contribution in [0, 0.1) is 0 Å². The normalized spacial score (nSPS) is 12.5. The number of nitrogens with zero attached hydrogens (tertiary/aromatic N) is 3. The Balaban J connectivity index is 2.74. The van der Waals surface area contributed by atoms with Gasteiger partial charge in [-0.2, -0.15) is 16.7 Å². The monoisotopic (exact) mass is 304 g/mol. The van der Waals surface area contributed by atoms with Crippen LogP contribution in [0.2, 0.25) is 0 Å². The van der Waals surface area contributed by atoms with Crippen molar-refractivity contribution in [2.75, 3.05) is 29.7 Å². The Morgan fingerprint density at radius 1 is 1.56 bits per heavy atom. The summed E-state index contributed by atoms with van der Waals surface area (Å²) >= 11 is 5.17. The van der Waals surface area contributed by atoms with E-state index in [1.165, 1.54) is 0 Å². The van der Waals surface area contributed by atoms with E-state index < -0.39 is 0 Å². The fourth-order valence-corrected chi connectivity index (χ4v) is 2.23. The molecule has 1 aromatic heterocycles. The van der Waals surface area contributed by atoms with Crippen LogP contribution < -0.4 is 10.6 Å². The fraction of sp³-hybridized carbons (Fsp3) is 0.600. The Hall–Kier alpha value is -0.490. The molecule has 0 fully saturated rings. The standard InChI is InChI=1S/C10H17BrN4S/c1-7(4-5-16-3)15(2)10-13-8(11)6-9(12)14-10/h6-7H,4-5H2,1-3H3,(H2,12,13,14). The Kier molecular flexibility index (Phi) is 5.34. The van der Waals surface area contributed by atoms with E-state index in [2.05, 4.69) is 44.0 Å². The zero-order valence-corrected chi connectivity index (χ0v) is 12.2. The minimum atomic E-state index is 0.404. The summed E-state index contributed by atoms with van der Waals surface area (Å²) in [5, 5.41) is 0. The third kappa shape index (κ3) is 3.83. The second kappa shape index (κ2) is 6.30. The molecule has 0 saturated carbocycles. The second-order valence-electron chi connectivity index (χ2n) is 3.66. The van der Waals surface area contributed by atoms with Gasteiger partial charge in [-0.05, 0) is 41.3 Å². The molecular formula is C10H17BrN4S. The average molecular weight is 305 g/mol. The maximum Gasteiger partial charge on any atom is 0.228 e. The number of anilines is 2. The molecule has 1 heterocycles. The number of nitrogens with two attached hydrogens (primary N) is 1. The van der Waals surface area contributed by atoms with Gasteiger partial charge in [-0.15, -0.1) is 0 Å². The molecule has 4 nitrogen and oxygen atoms in total. The summed E-state index contributed by atoms with van der Waals surface area (Å²) in [6.07, 6.45) is 3.22. The van der Waals surface area contributed by atoms with E-state index in [1.807, 2.05) is 18.8 Å². The van der Waals surface area contributed by atoms with Crippen molar-refractivity contribution in [1.29, 1.82) is 0 Å². The van der Waals surface area contributed by atoms with Gasteiger partial charge < -0.3 is 10.6 Å². The maximum absolute atomic E-state index is 5.69. The second-order valence-corrected chi connectivity index (χ2v) is 5.46. The maximum atomic E-state index is 5.69. The Morgan fingerprint density at radius 3 is 2.81 bits per heavy atom. The lowest BCUT2D eigenvalue weighted by molar-refractivity contribution is 0.653. The third-order valence-corrected chi connectivity index (χ3v) is 3.47. The first-order valence-corrected chi connectivity index (χ1v) is 7.25. The fourth-order valence-electron chi connectivity index (χ4n) is 1.26. The number of hydrogen-bond donors (Lipinski definition) is 1. The van der Waals surface area contributed by atoms with E-state index in [0.29, 0.717) is 17.8 Å². The molecule has 0 spiro atoms. The lowest BCUT2D eigenvalue weighted by atomic mass is 10.2. The van der Waals surface area contributed by atoms with Crippen LogP contribution in [0.25, 0.3) is 0 Å². The summed E-state index contributed by atoms with van der Waals surface area (Å²) < 4.78 is 0.721. The molecule has 1 rings (SSSR count). The van der Waals surface area contributed by atoms with Gasteiger partial charge in [0.05, 0.1) is 0 Å². The minimum absolute atomic E-state index is 0.404. The minimum Gasteiger partial charge on any atom is -0.383 e. The molecule has 2 N–H and O–H groups in total. The highest BCUT2D eigenvalue weighted by Crippen LogP contribution is 2.18. The highest BCUT2D eigenvalue weighted by Gasteiger charge is 2.13. The molecule has 1 aromatic rings. The molecule has 16 heavy (non-hydrogen) atoms. The molecule has 1 unspecified atom stereocenters. The van der Waals surface area contributed by atoms with Gasteiger partial charge in [-0.3, -0.25) is 0 Å². The summed E-state index contributed by atoms with van der Waals surface area (Å²) in [5.41, 5.74) is 5.69. The SMILES string of the molecule is CSCCC(C)N(C)c1nc(N)cc(Br)n1. The Bertz CT molecular complexity index is 327. The van der Waals surface area contributed by atoms with Crippen LogP contribution in [0.15, 0.2) is 10.7 Å². The van der Waals surface area contributed by atoms with Gasteiger partial charge in [0.1, 0.15) is 10.4 Å². The molecule has 0 saturated heterocycles. The van der Waals surface area contributed by atoms with Gasteiger partial charge in [0, 0.05) is 19.2 Å². The molecule has 90 valence electrons. The first-order chi connectivity index (χ1) is 7.54. The van der Waals surface area contributed by atoms with Crippen molar-refractivity contribution in [1.82, 2.24) is 9.97 Å². The molecule has 6 heteroatoms. The molecule has 0 aliphatic carbocycles. The summed E-state index contributed by atoms with van der Waals surface area (Å²) in [6, 6.07) is 2.10. The lowest BCUT2D eigenvalue weighted by Gasteiger charge is -2.24. The predicted octanol–water partition coefficient (Wildman–Crippen LogP) is 2.40. The van der Waals surface area contributed by atoms with Crippen LogP contribution in [-0.4, -0.2) is 35.1 Å². The molecule has 0 aromatic carbocycles. The summed E-state index contributed by atoms with van der Waals surface area (Å²) in [6.45, 7) is 2.16. The quantitative estimate of drug-likeness (QED) is 0.847. The van der Waals surface area contributed by atoms with Crippen LogP contribution in [-0.2, 0) is 0 Å². The number of hydrogen-bond acceptors (Lipinski definition) is 5. The molecule has 0 bridgehead atoms. The summed E-state index contributed by atoms with van der Waals surface area (Å²) in [7, 11) is 1.99. The van der Waals surface area contributed by atoms with Crippen LogP contribution in [0.5, 0.6) is 0 Å². The number of nitrogen functional groups attached to an aromatic ring is 1. The predicted molar refractivity (Wildman–Crippen MR) is 75.0 cm³/mol. The van der Waals surface area contributed by atoms with E-state index in [9.17, 15) is 0 Å². The molecule has 0 radical (unpaired) electrons. The van der Waals surface area contributed by atoms with E-state index in [1.54, 1.807) is 6.07 Å². The number of halogens is 1. The van der Waals surface area contributed by atoms with Gasteiger partial charge in [0.25, 0.3) is 0 Å². The van der Waals surface area contributed by atoms with Crippen molar-refractivity contribution < 1.29 is 0 Å². The molecule has 0 aliphatic rings. The highest BCUT2D eigenvalue weighted by atomic mass is 79.9.